The van der Waals surface area contributed by atoms with E-state index >= 15 is 0 Å². The van der Waals surface area contributed by atoms with Crippen LogP contribution >= 0.6 is 0 Å². The van der Waals surface area contributed by atoms with Crippen molar-refractivity contribution in [3.8, 4) is 5.75 Å². The van der Waals surface area contributed by atoms with Crippen LogP contribution in [0.4, 0.5) is 18.0 Å². The highest BCUT2D eigenvalue weighted by atomic mass is 19.4. The SMILES string of the molecule is COc1ccc2c(c1)C1(CC1)CN(C(=O)NCc1cn(C)nc1C(F)(F)F)C2. The second-order valence-electron chi connectivity index (χ2n) is 7.49. The summed E-state index contributed by atoms with van der Waals surface area (Å²) in [6.07, 6.45) is -1.30. The van der Waals surface area contributed by atoms with Crippen molar-refractivity contribution in [1.29, 1.82) is 0 Å². The van der Waals surface area contributed by atoms with E-state index < -0.39 is 11.9 Å². The van der Waals surface area contributed by atoms with E-state index in [4.69, 9.17) is 4.74 Å². The smallest absolute Gasteiger partial charge is 0.435 e. The highest BCUT2D eigenvalue weighted by molar-refractivity contribution is 5.75. The zero-order valence-corrected chi connectivity index (χ0v) is 15.6. The summed E-state index contributed by atoms with van der Waals surface area (Å²) in [4.78, 5) is 14.3. The number of rotatable bonds is 3. The topological polar surface area (TPSA) is 59.4 Å². The van der Waals surface area contributed by atoms with Crippen molar-refractivity contribution in [3.63, 3.8) is 0 Å². The number of fused-ring (bicyclic) bond motifs is 2. The molecular weight excluding hydrogens is 373 g/mol. The lowest BCUT2D eigenvalue weighted by Crippen LogP contribution is -2.46. The summed E-state index contributed by atoms with van der Waals surface area (Å²) < 4.78 is 45.6. The van der Waals surface area contributed by atoms with Crippen LogP contribution < -0.4 is 10.1 Å². The lowest BCUT2D eigenvalue weighted by atomic mass is 9.87. The molecule has 1 aromatic heterocycles. The first-order valence-electron chi connectivity index (χ1n) is 9.02. The Labute approximate surface area is 160 Å². The molecule has 0 saturated heterocycles. The van der Waals surface area contributed by atoms with Crippen molar-refractivity contribution < 1.29 is 22.7 Å². The fourth-order valence-corrected chi connectivity index (χ4v) is 3.94. The molecule has 1 aliphatic heterocycles. The van der Waals surface area contributed by atoms with Gasteiger partial charge in [-0.05, 0) is 36.1 Å². The Morgan fingerprint density at radius 3 is 2.75 bits per heavy atom. The predicted molar refractivity (Wildman–Crippen MR) is 94.8 cm³/mol. The third-order valence-corrected chi connectivity index (χ3v) is 5.49. The fraction of sp³-hybridized carbons (Fsp3) is 0.474. The Morgan fingerprint density at radius 2 is 2.11 bits per heavy atom. The van der Waals surface area contributed by atoms with E-state index in [0.717, 1.165) is 28.8 Å². The molecule has 0 atom stereocenters. The minimum absolute atomic E-state index is 0.0494. The van der Waals surface area contributed by atoms with Gasteiger partial charge in [0.15, 0.2) is 5.69 Å². The molecule has 0 bridgehead atoms. The first-order valence-corrected chi connectivity index (χ1v) is 9.02. The summed E-state index contributed by atoms with van der Waals surface area (Å²) in [6, 6.07) is 5.48. The van der Waals surface area contributed by atoms with Gasteiger partial charge in [-0.1, -0.05) is 6.07 Å². The Morgan fingerprint density at radius 1 is 1.36 bits per heavy atom. The summed E-state index contributed by atoms with van der Waals surface area (Å²) in [6.45, 7) is 0.755. The van der Waals surface area contributed by atoms with Crippen LogP contribution in [0.2, 0.25) is 0 Å². The maximum atomic E-state index is 13.1. The van der Waals surface area contributed by atoms with E-state index in [2.05, 4.69) is 10.4 Å². The summed E-state index contributed by atoms with van der Waals surface area (Å²) in [5.41, 5.74) is 1.18. The van der Waals surface area contributed by atoms with Gasteiger partial charge < -0.3 is 15.0 Å². The molecule has 150 valence electrons. The Balaban J connectivity index is 1.48. The lowest BCUT2D eigenvalue weighted by Gasteiger charge is -2.35. The molecule has 1 fully saturated rings. The number of amides is 2. The van der Waals surface area contributed by atoms with Crippen LogP contribution in [0.25, 0.3) is 0 Å². The minimum Gasteiger partial charge on any atom is -0.497 e. The number of alkyl halides is 3. The van der Waals surface area contributed by atoms with E-state index in [-0.39, 0.29) is 23.6 Å². The van der Waals surface area contributed by atoms with E-state index in [1.165, 1.54) is 18.8 Å². The second-order valence-corrected chi connectivity index (χ2v) is 7.49. The number of carbonyl (C=O) groups excluding carboxylic acids is 1. The molecule has 4 rings (SSSR count). The van der Waals surface area contributed by atoms with Crippen molar-refractivity contribution >= 4 is 6.03 Å². The van der Waals surface area contributed by atoms with Gasteiger partial charge >= 0.3 is 12.2 Å². The van der Waals surface area contributed by atoms with Gasteiger partial charge in [-0.3, -0.25) is 4.68 Å². The summed E-state index contributed by atoms with van der Waals surface area (Å²) in [7, 11) is 3.05. The average molecular weight is 394 g/mol. The minimum atomic E-state index is -4.55. The summed E-state index contributed by atoms with van der Waals surface area (Å²) in [5, 5.41) is 6.09. The number of methoxy groups -OCH3 is 1. The first-order chi connectivity index (χ1) is 13.2. The number of aromatic nitrogens is 2. The Hall–Kier alpha value is -2.71. The van der Waals surface area contributed by atoms with Crippen molar-refractivity contribution in [1.82, 2.24) is 20.0 Å². The number of aryl methyl sites for hydroxylation is 1. The van der Waals surface area contributed by atoms with Gasteiger partial charge in [0.2, 0.25) is 0 Å². The van der Waals surface area contributed by atoms with Crippen LogP contribution in [0.5, 0.6) is 5.75 Å². The van der Waals surface area contributed by atoms with E-state index in [1.54, 1.807) is 12.0 Å². The maximum absolute atomic E-state index is 13.1. The van der Waals surface area contributed by atoms with Crippen LogP contribution in [0.1, 0.15) is 35.2 Å². The molecular formula is C19H21F3N4O2. The normalized spacial score (nSPS) is 17.4. The number of nitrogens with one attached hydrogen (secondary N) is 1. The number of carbonyl (C=O) groups is 1. The van der Waals surface area contributed by atoms with Crippen LogP contribution in [-0.2, 0) is 31.7 Å². The molecule has 1 N–H and O–H groups in total. The quantitative estimate of drug-likeness (QED) is 0.870. The average Bonchev–Trinajstić information content (AvgIpc) is 3.30. The molecule has 1 aliphatic carbocycles. The number of hydrogen-bond acceptors (Lipinski definition) is 3. The molecule has 1 spiro atoms. The standard InChI is InChI=1S/C19H21F3N4O2/c1-25-9-13(16(24-25)19(20,21)22)8-23-17(27)26-10-12-3-4-14(28-2)7-15(12)18(11-26)5-6-18/h3-4,7,9H,5-6,8,10-11H2,1-2H3,(H,23,27). The molecule has 0 unspecified atom stereocenters. The first kappa shape index (κ1) is 18.6. The molecule has 28 heavy (non-hydrogen) atoms. The summed E-state index contributed by atoms with van der Waals surface area (Å²) >= 11 is 0. The van der Waals surface area contributed by atoms with Crippen molar-refractivity contribution in [2.45, 2.75) is 37.5 Å². The van der Waals surface area contributed by atoms with E-state index in [1.807, 2.05) is 18.2 Å². The zero-order valence-electron chi connectivity index (χ0n) is 15.6. The van der Waals surface area contributed by atoms with E-state index in [0.29, 0.717) is 13.1 Å². The number of hydrogen-bond donors (Lipinski definition) is 1. The fourth-order valence-electron chi connectivity index (χ4n) is 3.94. The van der Waals surface area contributed by atoms with Gasteiger partial charge in [0.05, 0.1) is 7.11 Å². The largest absolute Gasteiger partial charge is 0.497 e. The van der Waals surface area contributed by atoms with Crippen molar-refractivity contribution in [2.75, 3.05) is 13.7 Å². The van der Waals surface area contributed by atoms with Crippen molar-refractivity contribution in [2.24, 2.45) is 7.05 Å². The van der Waals surface area contributed by atoms with Gasteiger partial charge in [0, 0.05) is 43.9 Å². The molecule has 1 saturated carbocycles. The van der Waals surface area contributed by atoms with Gasteiger partial charge in [-0.15, -0.1) is 0 Å². The van der Waals surface area contributed by atoms with E-state index in [9.17, 15) is 18.0 Å². The monoisotopic (exact) mass is 394 g/mol. The number of nitrogens with zero attached hydrogens (tertiary/aromatic N) is 3. The van der Waals surface area contributed by atoms with Gasteiger partial charge in [0.25, 0.3) is 0 Å². The molecule has 0 radical (unpaired) electrons. The highest BCUT2D eigenvalue weighted by Gasteiger charge is 2.50. The summed E-state index contributed by atoms with van der Waals surface area (Å²) in [5.74, 6) is 0.791. The predicted octanol–water partition coefficient (Wildman–Crippen LogP) is 3.20. The van der Waals surface area contributed by atoms with Crippen molar-refractivity contribution in [3.05, 3.63) is 46.8 Å². The molecule has 2 heterocycles. The van der Waals surface area contributed by atoms with Crippen LogP contribution in [0.3, 0.4) is 0 Å². The zero-order chi connectivity index (χ0) is 20.1. The molecule has 1 aromatic carbocycles. The molecule has 9 heteroatoms. The molecule has 2 aromatic rings. The number of urea groups is 1. The van der Waals surface area contributed by atoms with Gasteiger partial charge in [-0.25, -0.2) is 4.79 Å². The lowest BCUT2D eigenvalue weighted by molar-refractivity contribution is -0.142. The maximum Gasteiger partial charge on any atom is 0.435 e. The molecule has 2 amide bonds. The third kappa shape index (κ3) is 3.29. The van der Waals surface area contributed by atoms with Crippen LogP contribution in [-0.4, -0.2) is 34.4 Å². The number of ether oxygens (including phenoxy) is 1. The number of halogens is 3. The Bertz CT molecular complexity index is 918. The van der Waals surface area contributed by atoms with Crippen LogP contribution in [0.15, 0.2) is 24.4 Å². The Kier molecular flexibility index (Phi) is 4.28. The van der Waals surface area contributed by atoms with Gasteiger partial charge in [0.1, 0.15) is 5.75 Å². The molecule has 2 aliphatic rings. The van der Waals surface area contributed by atoms with Crippen LogP contribution in [0, 0.1) is 0 Å². The molecule has 6 nitrogen and oxygen atoms in total. The highest BCUT2D eigenvalue weighted by Crippen LogP contribution is 2.53. The van der Waals surface area contributed by atoms with Gasteiger partial charge in [-0.2, -0.15) is 18.3 Å². The second kappa shape index (κ2) is 6.42. The number of benzene rings is 1. The third-order valence-electron chi connectivity index (χ3n) is 5.49.